The summed E-state index contributed by atoms with van der Waals surface area (Å²) in [5.41, 5.74) is 7.70. The summed E-state index contributed by atoms with van der Waals surface area (Å²) in [4.78, 5) is 0. The molecule has 0 amide bonds. The maximum absolute atomic E-state index is 11.1. The molecule has 3 nitrogen and oxygen atoms in total. The summed E-state index contributed by atoms with van der Waals surface area (Å²) in [5, 5.41) is 0. The lowest BCUT2D eigenvalue weighted by atomic mass is 9.87. The second-order valence-corrected chi connectivity index (χ2v) is 6.87. The van der Waals surface area contributed by atoms with E-state index in [4.69, 9.17) is 5.73 Å². The van der Waals surface area contributed by atoms with E-state index in [-0.39, 0.29) is 5.75 Å². The highest BCUT2D eigenvalue weighted by Crippen LogP contribution is 2.24. The van der Waals surface area contributed by atoms with E-state index in [0.29, 0.717) is 6.42 Å². The van der Waals surface area contributed by atoms with Gasteiger partial charge in [0.1, 0.15) is 9.84 Å². The normalized spacial score (nSPS) is 15.8. The molecule has 0 saturated heterocycles. The zero-order valence-electron chi connectivity index (χ0n) is 10.0. The summed E-state index contributed by atoms with van der Waals surface area (Å²) in [6, 6.07) is 7.82. The topological polar surface area (TPSA) is 60.2 Å². The minimum Gasteiger partial charge on any atom is -0.322 e. The van der Waals surface area contributed by atoms with E-state index in [2.05, 4.69) is 0 Å². The van der Waals surface area contributed by atoms with Crippen LogP contribution in [-0.4, -0.2) is 20.4 Å². The Morgan fingerprint density at radius 1 is 1.31 bits per heavy atom. The average molecular weight is 241 g/mol. The molecule has 0 spiro atoms. The molecule has 90 valence electrons. The third-order valence-corrected chi connectivity index (χ3v) is 3.70. The number of nitrogens with two attached hydrogens (primary N) is 1. The maximum atomic E-state index is 11.1. The largest absolute Gasteiger partial charge is 0.322 e. The third kappa shape index (κ3) is 3.61. The van der Waals surface area contributed by atoms with E-state index in [1.807, 2.05) is 38.1 Å². The van der Waals surface area contributed by atoms with Gasteiger partial charge in [0.05, 0.1) is 5.75 Å². The van der Waals surface area contributed by atoms with Gasteiger partial charge in [-0.15, -0.1) is 0 Å². The van der Waals surface area contributed by atoms with Crippen LogP contribution in [0.25, 0.3) is 0 Å². The van der Waals surface area contributed by atoms with Gasteiger partial charge in [0.2, 0.25) is 0 Å². The highest BCUT2D eigenvalue weighted by Gasteiger charge is 2.24. The fraction of sp³-hybridized carbons (Fsp3) is 0.500. The van der Waals surface area contributed by atoms with Crippen LogP contribution in [0.3, 0.4) is 0 Å². The molecule has 0 aliphatic heterocycles. The van der Waals surface area contributed by atoms with Crippen LogP contribution in [0.4, 0.5) is 0 Å². The van der Waals surface area contributed by atoms with Crippen molar-refractivity contribution in [3.05, 3.63) is 35.4 Å². The molecule has 4 heteroatoms. The van der Waals surface area contributed by atoms with E-state index in [1.165, 1.54) is 6.26 Å². The van der Waals surface area contributed by atoms with E-state index in [9.17, 15) is 8.42 Å². The Morgan fingerprint density at radius 2 is 1.88 bits per heavy atom. The average Bonchev–Trinajstić information content (AvgIpc) is 2.14. The molecule has 0 bridgehead atoms. The van der Waals surface area contributed by atoms with Gasteiger partial charge < -0.3 is 5.73 Å². The molecule has 1 unspecified atom stereocenters. The predicted molar refractivity (Wildman–Crippen MR) is 67.0 cm³/mol. The molecule has 0 aliphatic rings. The van der Waals surface area contributed by atoms with Crippen molar-refractivity contribution in [1.82, 2.24) is 0 Å². The Bertz CT molecular complexity index is 464. The maximum Gasteiger partial charge on any atom is 0.147 e. The first-order valence-corrected chi connectivity index (χ1v) is 7.31. The van der Waals surface area contributed by atoms with Crippen molar-refractivity contribution in [3.63, 3.8) is 0 Å². The van der Waals surface area contributed by atoms with E-state index < -0.39 is 15.4 Å². The highest BCUT2D eigenvalue weighted by atomic mass is 32.2. The van der Waals surface area contributed by atoms with E-state index >= 15 is 0 Å². The molecule has 0 heterocycles. The number of sulfone groups is 1. The molecule has 0 saturated carbocycles. The summed E-state index contributed by atoms with van der Waals surface area (Å²) in [6.07, 6.45) is 1.68. The predicted octanol–water partition coefficient (Wildman–Crippen LogP) is 1.60. The van der Waals surface area contributed by atoms with Crippen molar-refractivity contribution in [2.75, 3.05) is 12.0 Å². The van der Waals surface area contributed by atoms with Gasteiger partial charge in [0.25, 0.3) is 0 Å². The van der Waals surface area contributed by atoms with E-state index in [1.54, 1.807) is 0 Å². The van der Waals surface area contributed by atoms with Crippen LogP contribution in [0, 0.1) is 6.92 Å². The minimum absolute atomic E-state index is 0.119. The summed E-state index contributed by atoms with van der Waals surface area (Å²) in [7, 11) is -2.96. The number of rotatable bonds is 4. The van der Waals surface area contributed by atoms with Crippen LogP contribution in [0.2, 0.25) is 0 Å². The quantitative estimate of drug-likeness (QED) is 0.871. The monoisotopic (exact) mass is 241 g/mol. The highest BCUT2D eigenvalue weighted by molar-refractivity contribution is 7.90. The van der Waals surface area contributed by atoms with Crippen molar-refractivity contribution in [2.24, 2.45) is 5.73 Å². The van der Waals surface area contributed by atoms with Gasteiger partial charge in [0, 0.05) is 11.8 Å². The first kappa shape index (κ1) is 13.2. The van der Waals surface area contributed by atoms with Crippen LogP contribution < -0.4 is 5.73 Å². The van der Waals surface area contributed by atoms with Crippen LogP contribution in [0.5, 0.6) is 0 Å². The molecule has 0 aromatic heterocycles. The Balaban J connectivity index is 2.90. The lowest BCUT2D eigenvalue weighted by molar-refractivity contribution is 0.471. The Hall–Kier alpha value is -0.870. The summed E-state index contributed by atoms with van der Waals surface area (Å²) in [6.45, 7) is 3.86. The lowest BCUT2D eigenvalue weighted by Crippen LogP contribution is -2.35. The third-order valence-electron chi connectivity index (χ3n) is 2.75. The molecule has 0 radical (unpaired) electrons. The second kappa shape index (κ2) is 4.55. The summed E-state index contributed by atoms with van der Waals surface area (Å²) in [5.74, 6) is 0.119. The second-order valence-electron chi connectivity index (χ2n) is 4.61. The molecule has 2 N–H and O–H groups in total. The van der Waals surface area contributed by atoms with Gasteiger partial charge in [-0.3, -0.25) is 0 Å². The van der Waals surface area contributed by atoms with Gasteiger partial charge in [-0.25, -0.2) is 8.42 Å². The minimum atomic E-state index is -2.96. The van der Waals surface area contributed by atoms with Gasteiger partial charge >= 0.3 is 0 Å². The fourth-order valence-electron chi connectivity index (χ4n) is 1.75. The smallest absolute Gasteiger partial charge is 0.147 e. The molecule has 1 rings (SSSR count). The Morgan fingerprint density at radius 3 is 2.38 bits per heavy atom. The van der Waals surface area contributed by atoms with Gasteiger partial charge in [-0.05, 0) is 31.4 Å². The molecule has 0 fully saturated rings. The van der Waals surface area contributed by atoms with E-state index in [0.717, 1.165) is 11.1 Å². The van der Waals surface area contributed by atoms with Crippen LogP contribution in [0.15, 0.2) is 24.3 Å². The van der Waals surface area contributed by atoms with Gasteiger partial charge in [-0.1, -0.05) is 24.3 Å². The zero-order chi connectivity index (χ0) is 12.4. The number of aryl methyl sites for hydroxylation is 1. The SMILES string of the molecule is Cc1ccccc1C(C)(N)CCS(C)(=O)=O. The van der Waals surface area contributed by atoms with Crippen molar-refractivity contribution >= 4 is 9.84 Å². The van der Waals surface area contributed by atoms with Crippen LogP contribution >= 0.6 is 0 Å². The summed E-state index contributed by atoms with van der Waals surface area (Å²) < 4.78 is 22.3. The Kier molecular flexibility index (Phi) is 3.76. The molecule has 1 aromatic carbocycles. The van der Waals surface area contributed by atoms with Crippen LogP contribution in [-0.2, 0) is 15.4 Å². The molecule has 0 aliphatic carbocycles. The number of benzene rings is 1. The van der Waals surface area contributed by atoms with Crippen molar-refractivity contribution in [2.45, 2.75) is 25.8 Å². The van der Waals surface area contributed by atoms with Gasteiger partial charge in [-0.2, -0.15) is 0 Å². The molecule has 1 atom stereocenters. The standard InChI is InChI=1S/C12H19NO2S/c1-10-6-4-5-7-11(10)12(2,13)8-9-16(3,14)15/h4-7H,8-9,13H2,1-3H3. The Labute approximate surface area is 97.6 Å². The number of hydrogen-bond donors (Lipinski definition) is 1. The van der Waals surface area contributed by atoms with Gasteiger partial charge in [0.15, 0.2) is 0 Å². The molecular formula is C12H19NO2S. The lowest BCUT2D eigenvalue weighted by Gasteiger charge is -2.26. The zero-order valence-corrected chi connectivity index (χ0v) is 10.8. The van der Waals surface area contributed by atoms with Crippen molar-refractivity contribution in [1.29, 1.82) is 0 Å². The van der Waals surface area contributed by atoms with Crippen LogP contribution in [0.1, 0.15) is 24.5 Å². The molecular weight excluding hydrogens is 222 g/mol. The molecule has 1 aromatic rings. The fourth-order valence-corrected chi connectivity index (χ4v) is 2.54. The number of hydrogen-bond acceptors (Lipinski definition) is 3. The summed E-state index contributed by atoms with van der Waals surface area (Å²) >= 11 is 0. The first-order valence-electron chi connectivity index (χ1n) is 5.25. The first-order chi connectivity index (χ1) is 7.22. The van der Waals surface area contributed by atoms with Crippen molar-refractivity contribution < 1.29 is 8.42 Å². The van der Waals surface area contributed by atoms with Crippen molar-refractivity contribution in [3.8, 4) is 0 Å². The molecule has 16 heavy (non-hydrogen) atoms.